The van der Waals surface area contributed by atoms with Crippen molar-refractivity contribution in [3.63, 3.8) is 0 Å². The molecule has 1 aromatic carbocycles. The molecule has 0 amide bonds. The van der Waals surface area contributed by atoms with Crippen LogP contribution in [0, 0.1) is 11.9 Å². The van der Waals surface area contributed by atoms with Crippen LogP contribution < -0.4 is 11.5 Å². The van der Waals surface area contributed by atoms with Crippen LogP contribution in [-0.4, -0.2) is 22.9 Å². The highest BCUT2D eigenvalue weighted by Crippen LogP contribution is 2.19. The normalized spacial score (nSPS) is 10.6. The minimum atomic E-state index is -4.23. The van der Waals surface area contributed by atoms with E-state index >= 15 is 0 Å². The van der Waals surface area contributed by atoms with Gasteiger partial charge in [0.25, 0.3) is 10.1 Å². The number of benzene rings is 1. The summed E-state index contributed by atoms with van der Waals surface area (Å²) in [6.45, 7) is 0. The van der Waals surface area contributed by atoms with Crippen molar-refractivity contribution in [2.45, 2.75) is 4.90 Å². The van der Waals surface area contributed by atoms with Crippen LogP contribution in [0.3, 0.4) is 0 Å². The fourth-order valence-electron chi connectivity index (χ4n) is 1.11. The van der Waals surface area contributed by atoms with Crippen molar-refractivity contribution in [1.29, 1.82) is 0 Å². The van der Waals surface area contributed by atoms with Crippen LogP contribution in [-0.2, 0) is 10.1 Å². The summed E-state index contributed by atoms with van der Waals surface area (Å²) in [6, 6.07) is 4.38. The summed E-state index contributed by atoms with van der Waals surface area (Å²) in [4.78, 5) is 5.72. The minimum Gasteiger partial charge on any atom is -0.399 e. The molecule has 0 aliphatic heterocycles. The number of hydrogen-bond acceptors (Lipinski definition) is 6. The Labute approximate surface area is 113 Å². The molecule has 5 N–H and O–H groups in total. The molecule has 0 bridgehead atoms. The molecule has 0 saturated carbocycles. The molecule has 108 valence electrons. The number of hydrogen-bond donors (Lipinski definition) is 3. The van der Waals surface area contributed by atoms with E-state index in [2.05, 4.69) is 9.97 Å². The molecule has 0 aliphatic carbocycles. The molecule has 10 heteroatoms. The minimum absolute atomic E-state index is 0.0579. The fraction of sp³-hybridized carbons (Fsp3) is 0. The lowest BCUT2D eigenvalue weighted by atomic mass is 10.3. The van der Waals surface area contributed by atoms with Crippen molar-refractivity contribution in [1.82, 2.24) is 9.97 Å². The first-order valence-corrected chi connectivity index (χ1v) is 6.39. The molecule has 0 fully saturated rings. The predicted octanol–water partition coefficient (Wildman–Crippen LogP) is 0.853. The smallest absolute Gasteiger partial charge is 0.296 e. The molecule has 20 heavy (non-hydrogen) atoms. The molecule has 0 saturated heterocycles. The molecule has 2 rings (SSSR count). The van der Waals surface area contributed by atoms with E-state index in [1.165, 1.54) is 12.1 Å². The Bertz CT molecular complexity index is 692. The van der Waals surface area contributed by atoms with E-state index in [1.54, 1.807) is 0 Å². The van der Waals surface area contributed by atoms with Gasteiger partial charge >= 0.3 is 0 Å². The van der Waals surface area contributed by atoms with E-state index in [9.17, 15) is 17.2 Å². The maximum Gasteiger partial charge on any atom is 0.296 e. The molecule has 1 aromatic heterocycles. The van der Waals surface area contributed by atoms with Crippen molar-refractivity contribution in [2.75, 3.05) is 11.5 Å². The van der Waals surface area contributed by atoms with E-state index < -0.39 is 22.0 Å². The summed E-state index contributed by atoms with van der Waals surface area (Å²) in [5, 5.41) is 0. The number of aromatic nitrogens is 2. The molecular formula is C10H10F2N4O3S. The molecule has 0 radical (unpaired) electrons. The summed E-state index contributed by atoms with van der Waals surface area (Å²) in [5.41, 5.74) is 10.9. The number of anilines is 2. The zero-order valence-electron chi connectivity index (χ0n) is 9.86. The standard InChI is InChI=1S/C6H8N2O3S.C4H2F2N2/c7-4-1-2-6(5(8)3-4)12(9,10)11;5-3-1-4(6)8-2-7-3/h1-3H,7-8H2,(H,9,10,11);1-2H. The van der Waals surface area contributed by atoms with E-state index in [4.69, 9.17) is 16.0 Å². The average molecular weight is 304 g/mol. The second kappa shape index (κ2) is 6.21. The fourth-order valence-corrected chi connectivity index (χ4v) is 1.71. The van der Waals surface area contributed by atoms with Crippen LogP contribution in [0.5, 0.6) is 0 Å². The Kier molecular flexibility index (Phi) is 4.88. The average Bonchev–Trinajstić information content (AvgIpc) is 2.27. The number of nitrogens with zero attached hydrogens (tertiary/aromatic N) is 2. The largest absolute Gasteiger partial charge is 0.399 e. The summed E-state index contributed by atoms with van der Waals surface area (Å²) < 4.78 is 53.4. The van der Waals surface area contributed by atoms with Gasteiger partial charge in [-0.15, -0.1) is 0 Å². The first kappa shape index (κ1) is 15.7. The predicted molar refractivity (Wildman–Crippen MR) is 67.0 cm³/mol. The van der Waals surface area contributed by atoms with Crippen molar-refractivity contribution >= 4 is 21.5 Å². The maximum absolute atomic E-state index is 11.8. The van der Waals surface area contributed by atoms with E-state index in [0.717, 1.165) is 12.4 Å². The number of nitrogens with two attached hydrogens (primary N) is 2. The molecular weight excluding hydrogens is 294 g/mol. The molecule has 2 aromatic rings. The van der Waals surface area contributed by atoms with E-state index in [-0.39, 0.29) is 10.6 Å². The van der Waals surface area contributed by atoms with Crippen LogP contribution >= 0.6 is 0 Å². The Hall–Kier alpha value is -2.33. The van der Waals surface area contributed by atoms with Crippen LogP contribution in [0.25, 0.3) is 0 Å². The number of rotatable bonds is 1. The van der Waals surface area contributed by atoms with Gasteiger partial charge < -0.3 is 11.5 Å². The Balaban J connectivity index is 0.000000217. The highest BCUT2D eigenvalue weighted by molar-refractivity contribution is 7.86. The first-order chi connectivity index (χ1) is 9.20. The van der Waals surface area contributed by atoms with Crippen molar-refractivity contribution < 1.29 is 21.8 Å². The van der Waals surface area contributed by atoms with Gasteiger partial charge in [0, 0.05) is 11.8 Å². The first-order valence-electron chi connectivity index (χ1n) is 4.95. The Morgan fingerprint density at radius 2 is 1.60 bits per heavy atom. The van der Waals surface area contributed by atoms with E-state index in [1.807, 2.05) is 0 Å². The second-order valence-electron chi connectivity index (χ2n) is 3.44. The molecule has 0 unspecified atom stereocenters. The SMILES string of the molecule is Fc1cc(F)ncn1.Nc1ccc(S(=O)(=O)O)c(N)c1. The van der Waals surface area contributed by atoms with Crippen molar-refractivity contribution in [2.24, 2.45) is 0 Å². The van der Waals surface area contributed by atoms with Gasteiger partial charge in [0.1, 0.15) is 11.2 Å². The van der Waals surface area contributed by atoms with Crippen molar-refractivity contribution in [3.05, 3.63) is 42.5 Å². The summed E-state index contributed by atoms with van der Waals surface area (Å²) >= 11 is 0. The lowest BCUT2D eigenvalue weighted by Crippen LogP contribution is -2.03. The highest BCUT2D eigenvalue weighted by Gasteiger charge is 2.12. The topological polar surface area (TPSA) is 132 Å². The summed E-state index contributed by atoms with van der Waals surface area (Å²) in [6.07, 6.45) is 0.824. The molecule has 0 aliphatic rings. The van der Waals surface area contributed by atoms with Crippen LogP contribution in [0.2, 0.25) is 0 Å². The lowest BCUT2D eigenvalue weighted by molar-refractivity contribution is 0.483. The highest BCUT2D eigenvalue weighted by atomic mass is 32.2. The monoisotopic (exact) mass is 304 g/mol. The summed E-state index contributed by atoms with van der Waals surface area (Å²) in [7, 11) is -4.23. The van der Waals surface area contributed by atoms with E-state index in [0.29, 0.717) is 11.8 Å². The molecule has 0 spiro atoms. The van der Waals surface area contributed by atoms with Crippen LogP contribution in [0.4, 0.5) is 20.2 Å². The van der Waals surface area contributed by atoms with Gasteiger partial charge in [0.05, 0.1) is 5.69 Å². The third-order valence-electron chi connectivity index (χ3n) is 1.91. The number of nitrogen functional groups attached to an aromatic ring is 2. The van der Waals surface area contributed by atoms with Gasteiger partial charge in [0.2, 0.25) is 11.9 Å². The number of halogens is 2. The Morgan fingerprint density at radius 3 is 1.95 bits per heavy atom. The van der Waals surface area contributed by atoms with Gasteiger partial charge in [-0.05, 0) is 18.2 Å². The van der Waals surface area contributed by atoms with Gasteiger partial charge in [-0.1, -0.05) is 0 Å². The van der Waals surface area contributed by atoms with Gasteiger partial charge in [-0.2, -0.15) is 17.2 Å². The third-order valence-corrected chi connectivity index (χ3v) is 2.84. The van der Waals surface area contributed by atoms with Crippen LogP contribution in [0.1, 0.15) is 0 Å². The van der Waals surface area contributed by atoms with Crippen molar-refractivity contribution in [3.8, 4) is 0 Å². The van der Waals surface area contributed by atoms with Gasteiger partial charge in [-0.25, -0.2) is 9.97 Å². The maximum atomic E-state index is 11.8. The molecule has 1 heterocycles. The third kappa shape index (κ3) is 4.74. The Morgan fingerprint density at radius 1 is 1.05 bits per heavy atom. The second-order valence-corrected chi connectivity index (χ2v) is 4.83. The van der Waals surface area contributed by atoms with Crippen LogP contribution in [0.15, 0.2) is 35.5 Å². The molecule has 0 atom stereocenters. The van der Waals surface area contributed by atoms with Gasteiger partial charge in [0.15, 0.2) is 0 Å². The zero-order chi connectivity index (χ0) is 15.3. The quantitative estimate of drug-likeness (QED) is 0.404. The summed E-state index contributed by atoms with van der Waals surface area (Å²) in [5.74, 6) is -1.70. The van der Waals surface area contributed by atoms with Gasteiger partial charge in [-0.3, -0.25) is 4.55 Å². The lowest BCUT2D eigenvalue weighted by Gasteiger charge is -2.01. The molecule has 7 nitrogen and oxygen atoms in total. The zero-order valence-corrected chi connectivity index (χ0v) is 10.7.